The summed E-state index contributed by atoms with van der Waals surface area (Å²) in [6, 6.07) is 27.9. The molecule has 0 saturated heterocycles. The van der Waals surface area contributed by atoms with Gasteiger partial charge in [-0.05, 0) is 75.6 Å². The summed E-state index contributed by atoms with van der Waals surface area (Å²) in [6.07, 6.45) is 7.35. The molecule has 5 heterocycles. The van der Waals surface area contributed by atoms with E-state index in [1.807, 2.05) is 97.1 Å². The molecule has 2 N–H and O–H groups in total. The fourth-order valence-electron chi connectivity index (χ4n) is 5.87. The molecule has 0 spiro atoms. The van der Waals surface area contributed by atoms with E-state index in [1.54, 1.807) is 12.2 Å². The number of rotatable bonds is 5. The first kappa shape index (κ1) is 29.2. The molecule has 226 valence electrons. The number of nitrogens with one attached hydrogen (secondary N) is 2. The van der Waals surface area contributed by atoms with E-state index < -0.39 is 17.9 Å². The lowest BCUT2D eigenvalue weighted by Crippen LogP contribution is -2.26. The summed E-state index contributed by atoms with van der Waals surface area (Å²) >= 11 is 3.83. The van der Waals surface area contributed by atoms with Crippen molar-refractivity contribution < 1.29 is 19.1 Å². The Morgan fingerprint density at radius 3 is 1.39 bits per heavy atom. The van der Waals surface area contributed by atoms with Gasteiger partial charge in [-0.1, -0.05) is 60.7 Å². The third kappa shape index (κ3) is 5.14. The molecule has 7 rings (SSSR count). The highest BCUT2D eigenvalue weighted by molar-refractivity contribution is 9.10. The van der Waals surface area contributed by atoms with E-state index in [2.05, 4.69) is 25.9 Å². The predicted octanol–water partition coefficient (Wildman–Crippen LogP) is 8.18. The number of nitrogens with zero attached hydrogens (tertiary/aromatic N) is 2. The summed E-state index contributed by atoms with van der Waals surface area (Å²) in [5.41, 5.74) is 9.39. The molecule has 9 heteroatoms. The summed E-state index contributed by atoms with van der Waals surface area (Å²) in [5.74, 6) is -2.96. The van der Waals surface area contributed by atoms with Crippen molar-refractivity contribution in [3.05, 3.63) is 118 Å². The van der Waals surface area contributed by atoms with Crippen molar-refractivity contribution in [1.82, 2.24) is 19.9 Å². The summed E-state index contributed by atoms with van der Waals surface area (Å²) in [4.78, 5) is 43.7. The maximum absolute atomic E-state index is 13.2. The molecule has 3 aromatic heterocycles. The van der Waals surface area contributed by atoms with Gasteiger partial charge < -0.3 is 19.4 Å². The van der Waals surface area contributed by atoms with Crippen LogP contribution in [0.5, 0.6) is 0 Å². The van der Waals surface area contributed by atoms with Crippen LogP contribution in [0.25, 0.3) is 68.6 Å². The number of aromatic nitrogens is 4. The van der Waals surface area contributed by atoms with Crippen LogP contribution in [0, 0.1) is 0 Å². The molecule has 46 heavy (non-hydrogen) atoms. The first-order chi connectivity index (χ1) is 22.5. The molecule has 0 unspecified atom stereocenters. The zero-order valence-corrected chi connectivity index (χ0v) is 26.5. The van der Waals surface area contributed by atoms with Crippen molar-refractivity contribution in [3.8, 4) is 22.3 Å². The Hall–Kier alpha value is -5.54. The summed E-state index contributed by atoms with van der Waals surface area (Å²) in [7, 11) is 2.48. The zero-order chi connectivity index (χ0) is 31.8. The molecular weight excluding hydrogens is 644 g/mol. The molecule has 8 nitrogen and oxygen atoms in total. The smallest absolute Gasteiger partial charge is 0.324 e. The van der Waals surface area contributed by atoms with Crippen LogP contribution in [0.1, 0.15) is 34.3 Å². The SMILES string of the molecule is COC(=O)C(C(=O)OC)c1c2nc(c(-c3ccccc3)c3ccc([nH]3)c(Br)c3ccc([nH]3)c(-c3ccccc3)c3nc1C=C3)C=C2. The van der Waals surface area contributed by atoms with Crippen molar-refractivity contribution in [1.29, 1.82) is 0 Å². The Balaban J connectivity index is 1.68. The van der Waals surface area contributed by atoms with E-state index in [0.29, 0.717) is 28.3 Å². The first-order valence-electron chi connectivity index (χ1n) is 14.5. The van der Waals surface area contributed by atoms with Gasteiger partial charge in [0.1, 0.15) is 0 Å². The Labute approximate surface area is 272 Å². The number of hydrogen-bond donors (Lipinski definition) is 2. The first-order valence-corrected chi connectivity index (χ1v) is 15.3. The topological polar surface area (TPSA) is 110 Å². The molecule has 0 saturated carbocycles. The van der Waals surface area contributed by atoms with Crippen LogP contribution in [0.3, 0.4) is 0 Å². The van der Waals surface area contributed by atoms with Gasteiger partial charge in [0, 0.05) is 27.7 Å². The fourth-order valence-corrected chi connectivity index (χ4v) is 6.34. The van der Waals surface area contributed by atoms with Crippen molar-refractivity contribution >= 4 is 74.2 Å². The molecule has 2 aromatic carbocycles. The van der Waals surface area contributed by atoms with Gasteiger partial charge in [0.15, 0.2) is 5.92 Å². The van der Waals surface area contributed by atoms with E-state index in [9.17, 15) is 9.59 Å². The van der Waals surface area contributed by atoms with Gasteiger partial charge in [-0.3, -0.25) is 9.59 Å². The van der Waals surface area contributed by atoms with E-state index in [-0.39, 0.29) is 0 Å². The van der Waals surface area contributed by atoms with Crippen LogP contribution < -0.4 is 0 Å². The number of carbonyl (C=O) groups excluding carboxylic acids is 2. The second kappa shape index (κ2) is 12.1. The number of aromatic amines is 2. The standard InChI is InChI=1S/C37H27BrN4O4/c1-45-36(43)34(37(44)46-2)33-27-15-13-23(39-27)31(21-9-5-3-6-10-21)25-17-19-29(41-25)35(38)30-20-18-26(42-30)32(22-11-7-4-8-12-22)24-14-16-28(33)40-24/h3-20,34,41-42H,1-2H3. The average Bonchev–Trinajstić information content (AvgIpc) is 3.92. The molecule has 0 aliphatic carbocycles. The molecule has 8 bridgehead atoms. The Kier molecular flexibility index (Phi) is 7.68. The number of methoxy groups -OCH3 is 2. The normalized spacial score (nSPS) is 12.0. The number of H-pyrrole nitrogens is 2. The number of esters is 2. The number of halogens is 1. The lowest BCUT2D eigenvalue weighted by molar-refractivity contribution is -0.154. The number of ether oxygens (including phenoxy) is 2. The lowest BCUT2D eigenvalue weighted by atomic mass is 9.96. The molecule has 2 aliphatic heterocycles. The van der Waals surface area contributed by atoms with Crippen LogP contribution in [0.2, 0.25) is 0 Å². The lowest BCUT2D eigenvalue weighted by Gasteiger charge is -2.14. The number of hydrogen-bond acceptors (Lipinski definition) is 6. The van der Waals surface area contributed by atoms with E-state index in [0.717, 1.165) is 48.8 Å². The highest BCUT2D eigenvalue weighted by Crippen LogP contribution is 2.37. The van der Waals surface area contributed by atoms with Crippen molar-refractivity contribution in [2.45, 2.75) is 5.92 Å². The number of benzene rings is 2. The van der Waals surface area contributed by atoms with Crippen LogP contribution in [-0.2, 0) is 19.1 Å². The van der Waals surface area contributed by atoms with Crippen molar-refractivity contribution in [2.24, 2.45) is 0 Å². The third-order valence-electron chi connectivity index (χ3n) is 8.02. The molecule has 0 radical (unpaired) electrons. The molecule has 0 amide bonds. The Bertz CT molecular complexity index is 2080. The zero-order valence-electron chi connectivity index (χ0n) is 24.9. The minimum Gasteiger partial charge on any atom is -0.468 e. The largest absolute Gasteiger partial charge is 0.468 e. The molecule has 0 atom stereocenters. The average molecular weight is 672 g/mol. The minimum absolute atomic E-state index is 0.290. The molecule has 2 aliphatic rings. The van der Waals surface area contributed by atoms with Gasteiger partial charge in [0.2, 0.25) is 0 Å². The molecular formula is C37H27BrN4O4. The summed E-state index contributed by atoms with van der Waals surface area (Å²) < 4.78 is 11.1. The van der Waals surface area contributed by atoms with Gasteiger partial charge in [-0.2, -0.15) is 0 Å². The quantitative estimate of drug-likeness (QED) is 0.141. The van der Waals surface area contributed by atoms with Crippen molar-refractivity contribution in [3.63, 3.8) is 0 Å². The second-order valence-electron chi connectivity index (χ2n) is 10.7. The molecule has 0 fully saturated rings. The van der Waals surface area contributed by atoms with E-state index >= 15 is 0 Å². The van der Waals surface area contributed by atoms with E-state index in [1.165, 1.54) is 14.2 Å². The second-order valence-corrected chi connectivity index (χ2v) is 11.5. The van der Waals surface area contributed by atoms with E-state index in [4.69, 9.17) is 19.4 Å². The van der Waals surface area contributed by atoms with Crippen LogP contribution in [0.15, 0.2) is 89.4 Å². The maximum Gasteiger partial charge on any atom is 0.324 e. The van der Waals surface area contributed by atoms with Gasteiger partial charge in [0.05, 0.1) is 52.5 Å². The van der Waals surface area contributed by atoms with Gasteiger partial charge in [0.25, 0.3) is 0 Å². The van der Waals surface area contributed by atoms with Gasteiger partial charge >= 0.3 is 11.9 Å². The highest BCUT2D eigenvalue weighted by atomic mass is 79.9. The Morgan fingerprint density at radius 2 is 0.978 bits per heavy atom. The van der Waals surface area contributed by atoms with Gasteiger partial charge in [-0.15, -0.1) is 0 Å². The third-order valence-corrected chi connectivity index (χ3v) is 8.87. The number of fused-ring (bicyclic) bond motifs is 8. The van der Waals surface area contributed by atoms with Crippen LogP contribution in [-0.4, -0.2) is 46.1 Å². The fraction of sp³-hybridized carbons (Fsp3) is 0.0811. The maximum atomic E-state index is 13.2. The number of carbonyl (C=O) groups is 2. The van der Waals surface area contributed by atoms with Gasteiger partial charge in [-0.25, -0.2) is 9.97 Å². The predicted molar refractivity (Wildman–Crippen MR) is 184 cm³/mol. The Morgan fingerprint density at radius 1 is 0.587 bits per heavy atom. The van der Waals surface area contributed by atoms with Crippen LogP contribution in [0.4, 0.5) is 0 Å². The highest BCUT2D eigenvalue weighted by Gasteiger charge is 2.36. The minimum atomic E-state index is -1.42. The summed E-state index contributed by atoms with van der Waals surface area (Å²) in [6.45, 7) is 0. The summed E-state index contributed by atoms with van der Waals surface area (Å²) in [5, 5.41) is 0. The molecule has 5 aromatic rings. The monoisotopic (exact) mass is 670 g/mol. The van der Waals surface area contributed by atoms with Crippen molar-refractivity contribution in [2.75, 3.05) is 14.2 Å². The van der Waals surface area contributed by atoms with Crippen LogP contribution >= 0.6 is 15.9 Å².